The Morgan fingerprint density at radius 2 is 2.16 bits per heavy atom. The van der Waals surface area contributed by atoms with Gasteiger partial charge in [0, 0.05) is 24.5 Å². The Morgan fingerprint density at radius 3 is 2.74 bits per heavy atom. The summed E-state index contributed by atoms with van der Waals surface area (Å²) in [4.78, 5) is 10.5. The summed E-state index contributed by atoms with van der Waals surface area (Å²) < 4.78 is 7.09. The maximum Gasteiger partial charge on any atom is 0.195 e. The van der Waals surface area contributed by atoms with Gasteiger partial charge in [0.15, 0.2) is 10.6 Å². The molecule has 0 radical (unpaired) electrons. The van der Waals surface area contributed by atoms with Crippen molar-refractivity contribution in [2.75, 3.05) is 7.11 Å². The van der Waals surface area contributed by atoms with Crippen LogP contribution in [0, 0.1) is 4.77 Å². The first kappa shape index (κ1) is 13.3. The van der Waals surface area contributed by atoms with E-state index < -0.39 is 5.97 Å². The molecule has 0 atom stereocenters. The maximum atomic E-state index is 10.5. The number of carbonyl (C=O) groups is 1. The summed E-state index contributed by atoms with van der Waals surface area (Å²) in [5, 5.41) is 17.3. The van der Waals surface area contributed by atoms with Crippen LogP contribution in [0.3, 0.4) is 0 Å². The van der Waals surface area contributed by atoms with Gasteiger partial charge in [0.1, 0.15) is 5.75 Å². The lowest BCUT2D eigenvalue weighted by molar-refractivity contribution is -0.305. The number of carboxylic acid groups (broad SMARTS) is 1. The second kappa shape index (κ2) is 5.66. The number of H-pyrrole nitrogens is 1. The van der Waals surface area contributed by atoms with Gasteiger partial charge < -0.3 is 14.6 Å². The van der Waals surface area contributed by atoms with Gasteiger partial charge in [0.2, 0.25) is 0 Å². The molecular formula is C12H12N3O3S-. The van der Waals surface area contributed by atoms with E-state index in [2.05, 4.69) is 10.2 Å². The highest BCUT2D eigenvalue weighted by molar-refractivity contribution is 7.71. The molecule has 2 aromatic rings. The monoisotopic (exact) mass is 278 g/mol. The van der Waals surface area contributed by atoms with Crippen molar-refractivity contribution in [1.29, 1.82) is 0 Å². The molecule has 1 heterocycles. The maximum absolute atomic E-state index is 10.5. The third kappa shape index (κ3) is 3.00. The summed E-state index contributed by atoms with van der Waals surface area (Å²) in [5.41, 5.74) is 0.825. The highest BCUT2D eigenvalue weighted by Crippen LogP contribution is 2.20. The third-order valence-corrected chi connectivity index (χ3v) is 2.96. The summed E-state index contributed by atoms with van der Waals surface area (Å²) >= 11 is 5.08. The Morgan fingerprint density at radius 1 is 1.47 bits per heavy atom. The predicted octanol–water partition coefficient (Wildman–Crippen LogP) is 0.756. The average Bonchev–Trinajstić information content (AvgIpc) is 2.78. The van der Waals surface area contributed by atoms with E-state index in [1.165, 1.54) is 0 Å². The number of benzene rings is 1. The van der Waals surface area contributed by atoms with Crippen molar-refractivity contribution in [3.05, 3.63) is 29.0 Å². The predicted molar refractivity (Wildman–Crippen MR) is 69.0 cm³/mol. The molecule has 1 N–H and O–H groups in total. The number of aromatic amines is 1. The number of aliphatic carboxylic acids is 1. The summed E-state index contributed by atoms with van der Waals surface area (Å²) in [6.07, 6.45) is -0.114. The Kier molecular flexibility index (Phi) is 3.96. The fourth-order valence-electron chi connectivity index (χ4n) is 1.69. The van der Waals surface area contributed by atoms with Gasteiger partial charge in [-0.3, -0.25) is 9.67 Å². The first-order valence-corrected chi connectivity index (χ1v) is 6.02. The molecular weight excluding hydrogens is 266 g/mol. The van der Waals surface area contributed by atoms with E-state index >= 15 is 0 Å². The average molecular weight is 278 g/mol. The van der Waals surface area contributed by atoms with Crippen LogP contribution in [0.15, 0.2) is 24.3 Å². The number of hydrogen-bond donors (Lipinski definition) is 1. The Labute approximate surface area is 114 Å². The van der Waals surface area contributed by atoms with Crippen molar-refractivity contribution in [2.45, 2.75) is 13.0 Å². The van der Waals surface area contributed by atoms with Crippen molar-refractivity contribution in [1.82, 2.24) is 14.8 Å². The lowest BCUT2D eigenvalue weighted by Crippen LogP contribution is -2.23. The van der Waals surface area contributed by atoms with Crippen molar-refractivity contribution < 1.29 is 14.6 Å². The van der Waals surface area contributed by atoms with E-state index in [0.717, 1.165) is 11.3 Å². The second-order valence-corrected chi connectivity index (χ2v) is 4.24. The molecule has 7 heteroatoms. The number of carbonyl (C=O) groups excluding carboxylic acids is 1. The van der Waals surface area contributed by atoms with Gasteiger partial charge in [-0.2, -0.15) is 5.10 Å². The first-order chi connectivity index (χ1) is 9.11. The lowest BCUT2D eigenvalue weighted by Gasteiger charge is -2.08. The van der Waals surface area contributed by atoms with Crippen molar-refractivity contribution >= 4 is 18.2 Å². The number of nitrogens with one attached hydrogen (secondary N) is 1. The Balaban J connectivity index is 2.33. The van der Waals surface area contributed by atoms with Crippen LogP contribution in [0.25, 0.3) is 11.4 Å². The molecule has 0 bridgehead atoms. The number of aromatic nitrogens is 3. The molecule has 0 aliphatic heterocycles. The number of ether oxygens (including phenoxy) is 1. The minimum atomic E-state index is -1.12. The molecule has 0 saturated carbocycles. The minimum absolute atomic E-state index is 0.114. The van der Waals surface area contributed by atoms with E-state index in [4.69, 9.17) is 17.0 Å². The highest BCUT2D eigenvalue weighted by atomic mass is 32.1. The summed E-state index contributed by atoms with van der Waals surface area (Å²) in [7, 11) is 1.59. The minimum Gasteiger partial charge on any atom is -0.550 e. The lowest BCUT2D eigenvalue weighted by atomic mass is 10.2. The molecule has 0 aliphatic rings. The topological polar surface area (TPSA) is 83.0 Å². The molecule has 0 amide bonds. The molecule has 19 heavy (non-hydrogen) atoms. The molecule has 0 saturated heterocycles. The van der Waals surface area contributed by atoms with Crippen LogP contribution >= 0.6 is 12.2 Å². The number of nitrogens with zero attached hydrogens (tertiary/aromatic N) is 2. The van der Waals surface area contributed by atoms with Crippen LogP contribution in [-0.2, 0) is 11.3 Å². The zero-order valence-corrected chi connectivity index (χ0v) is 11.1. The number of hydrogen-bond acceptors (Lipinski definition) is 5. The molecule has 2 rings (SSSR count). The normalized spacial score (nSPS) is 10.4. The summed E-state index contributed by atoms with van der Waals surface area (Å²) in [6.45, 7) is 0.221. The number of carboxylic acids is 1. The van der Waals surface area contributed by atoms with Crippen LogP contribution in [0.5, 0.6) is 5.75 Å². The molecule has 0 aliphatic carbocycles. The molecule has 0 fully saturated rings. The van der Waals surface area contributed by atoms with Crippen LogP contribution in [0.2, 0.25) is 0 Å². The zero-order chi connectivity index (χ0) is 13.8. The van der Waals surface area contributed by atoms with Crippen LogP contribution in [-0.4, -0.2) is 27.8 Å². The molecule has 1 aromatic heterocycles. The molecule has 6 nitrogen and oxygen atoms in total. The van der Waals surface area contributed by atoms with Gasteiger partial charge in [-0.25, -0.2) is 0 Å². The molecule has 100 valence electrons. The largest absolute Gasteiger partial charge is 0.550 e. The first-order valence-electron chi connectivity index (χ1n) is 5.61. The third-order valence-electron chi connectivity index (χ3n) is 2.65. The van der Waals surface area contributed by atoms with Crippen LogP contribution < -0.4 is 9.84 Å². The molecule has 0 unspecified atom stereocenters. The Hall–Kier alpha value is -2.15. The standard InChI is InChI=1S/C12H13N3O3S/c1-18-9-4-2-8(3-5-9)11-13-14-12(19)15(11)7-6-10(16)17/h2-5H,6-7H2,1H3,(H,14,19)(H,16,17)/p-1. The summed E-state index contributed by atoms with van der Waals surface area (Å²) in [6, 6.07) is 7.27. The van der Waals surface area contributed by atoms with Gasteiger partial charge in [0.05, 0.1) is 7.11 Å². The Bertz CT molecular complexity index is 630. The SMILES string of the molecule is COc1ccc(-c2n[nH]c(=S)n2CCC(=O)[O-])cc1. The van der Waals surface area contributed by atoms with Crippen molar-refractivity contribution in [2.24, 2.45) is 0 Å². The number of methoxy groups -OCH3 is 1. The van der Waals surface area contributed by atoms with Gasteiger partial charge in [-0.05, 0) is 36.5 Å². The van der Waals surface area contributed by atoms with Gasteiger partial charge in [-0.15, -0.1) is 0 Å². The van der Waals surface area contributed by atoms with Crippen molar-refractivity contribution in [3.63, 3.8) is 0 Å². The van der Waals surface area contributed by atoms with Crippen molar-refractivity contribution in [3.8, 4) is 17.1 Å². The zero-order valence-electron chi connectivity index (χ0n) is 10.3. The van der Waals surface area contributed by atoms with Gasteiger partial charge >= 0.3 is 0 Å². The molecule has 0 spiro atoms. The number of rotatable bonds is 5. The quantitative estimate of drug-likeness (QED) is 0.816. The van der Waals surface area contributed by atoms with E-state index in [-0.39, 0.29) is 13.0 Å². The van der Waals surface area contributed by atoms with Gasteiger partial charge in [-0.1, -0.05) is 0 Å². The second-order valence-electron chi connectivity index (χ2n) is 3.85. The van der Waals surface area contributed by atoms with E-state index in [1.54, 1.807) is 23.8 Å². The molecule has 1 aromatic carbocycles. The summed E-state index contributed by atoms with van der Waals surface area (Å²) in [5.74, 6) is 0.205. The van der Waals surface area contributed by atoms with E-state index in [0.29, 0.717) is 10.6 Å². The van der Waals surface area contributed by atoms with Crippen LogP contribution in [0.4, 0.5) is 0 Å². The van der Waals surface area contributed by atoms with Gasteiger partial charge in [0.25, 0.3) is 0 Å². The fourth-order valence-corrected chi connectivity index (χ4v) is 1.91. The van der Waals surface area contributed by atoms with E-state index in [9.17, 15) is 9.90 Å². The smallest absolute Gasteiger partial charge is 0.195 e. The van der Waals surface area contributed by atoms with E-state index in [1.807, 2.05) is 12.1 Å². The van der Waals surface area contributed by atoms with Crippen LogP contribution in [0.1, 0.15) is 6.42 Å². The highest BCUT2D eigenvalue weighted by Gasteiger charge is 2.08. The fraction of sp³-hybridized carbons (Fsp3) is 0.250.